The highest BCUT2D eigenvalue weighted by Gasteiger charge is 2.28. The third-order valence-corrected chi connectivity index (χ3v) is 4.14. The molecular formula is C17H22N2O2. The van der Waals surface area contributed by atoms with Gasteiger partial charge in [0.2, 0.25) is 5.91 Å². The molecule has 1 N–H and O–H groups in total. The van der Waals surface area contributed by atoms with E-state index in [4.69, 9.17) is 10.00 Å². The van der Waals surface area contributed by atoms with Crippen LogP contribution in [-0.4, -0.2) is 19.6 Å². The van der Waals surface area contributed by atoms with Crippen molar-refractivity contribution in [2.24, 2.45) is 5.41 Å². The number of hydrogen-bond acceptors (Lipinski definition) is 3. The number of rotatable bonds is 4. The number of ether oxygens (including phenoxy) is 1. The number of methoxy groups -OCH3 is 1. The lowest BCUT2D eigenvalue weighted by Crippen LogP contribution is -2.38. The minimum absolute atomic E-state index is 0.203. The van der Waals surface area contributed by atoms with Crippen LogP contribution < -0.4 is 10.1 Å². The van der Waals surface area contributed by atoms with Gasteiger partial charge in [-0.1, -0.05) is 6.07 Å². The van der Waals surface area contributed by atoms with E-state index in [-0.39, 0.29) is 5.91 Å². The van der Waals surface area contributed by atoms with Crippen molar-refractivity contribution in [1.82, 2.24) is 5.32 Å². The van der Waals surface area contributed by atoms with Crippen molar-refractivity contribution in [2.75, 3.05) is 13.7 Å². The van der Waals surface area contributed by atoms with Gasteiger partial charge in [-0.25, -0.2) is 0 Å². The van der Waals surface area contributed by atoms with Gasteiger partial charge in [0.25, 0.3) is 0 Å². The Labute approximate surface area is 126 Å². The van der Waals surface area contributed by atoms with Crippen molar-refractivity contribution >= 4 is 5.91 Å². The van der Waals surface area contributed by atoms with E-state index in [1.807, 2.05) is 12.1 Å². The van der Waals surface area contributed by atoms with Crippen LogP contribution in [0.25, 0.3) is 0 Å². The van der Waals surface area contributed by atoms with Crippen LogP contribution >= 0.6 is 0 Å². The second kappa shape index (κ2) is 6.17. The molecule has 0 spiro atoms. The van der Waals surface area contributed by atoms with E-state index in [1.165, 1.54) is 11.1 Å². The molecule has 1 atom stereocenters. The maximum absolute atomic E-state index is 12.0. The number of nitrogens with one attached hydrogen (secondary N) is 1. The SMILES string of the molecule is COc1ccc2c(c1)CCC[C@@H]2CNC(=O)C(C)(C)C#N. The lowest BCUT2D eigenvalue weighted by atomic mass is 9.82. The fourth-order valence-corrected chi connectivity index (χ4v) is 2.72. The molecule has 0 heterocycles. The molecule has 1 aromatic carbocycles. The molecule has 1 aliphatic carbocycles. The monoisotopic (exact) mass is 286 g/mol. The first-order valence-electron chi connectivity index (χ1n) is 7.34. The Morgan fingerprint density at radius 2 is 2.29 bits per heavy atom. The molecule has 0 aliphatic heterocycles. The summed E-state index contributed by atoms with van der Waals surface area (Å²) < 4.78 is 5.27. The molecule has 0 fully saturated rings. The van der Waals surface area contributed by atoms with Crippen molar-refractivity contribution < 1.29 is 9.53 Å². The Hall–Kier alpha value is -2.02. The van der Waals surface area contributed by atoms with Crippen molar-refractivity contribution in [3.8, 4) is 11.8 Å². The maximum Gasteiger partial charge on any atom is 0.239 e. The van der Waals surface area contributed by atoms with E-state index >= 15 is 0 Å². The highest BCUT2D eigenvalue weighted by molar-refractivity contribution is 5.84. The van der Waals surface area contributed by atoms with Gasteiger partial charge in [-0.15, -0.1) is 0 Å². The van der Waals surface area contributed by atoms with Crippen LogP contribution in [0.15, 0.2) is 18.2 Å². The number of benzene rings is 1. The first-order chi connectivity index (χ1) is 9.97. The molecule has 112 valence electrons. The minimum atomic E-state index is -0.975. The molecule has 0 aromatic heterocycles. The number of aryl methyl sites for hydroxylation is 1. The standard InChI is InChI=1S/C17H22N2O2/c1-17(2,11-18)16(20)19-10-13-6-4-5-12-9-14(21-3)7-8-15(12)13/h7-9,13H,4-6,10H2,1-3H3,(H,19,20)/t13-/m1/s1. The zero-order valence-electron chi connectivity index (χ0n) is 12.9. The van der Waals surface area contributed by atoms with Gasteiger partial charge >= 0.3 is 0 Å². The molecular weight excluding hydrogens is 264 g/mol. The van der Waals surface area contributed by atoms with Crippen LogP contribution in [0.4, 0.5) is 0 Å². The summed E-state index contributed by atoms with van der Waals surface area (Å²) in [6, 6.07) is 8.19. The third-order valence-electron chi connectivity index (χ3n) is 4.14. The van der Waals surface area contributed by atoms with Crippen LogP contribution in [-0.2, 0) is 11.2 Å². The zero-order valence-corrected chi connectivity index (χ0v) is 12.9. The number of carbonyl (C=O) groups excluding carboxylic acids is 1. The lowest BCUT2D eigenvalue weighted by molar-refractivity contribution is -0.126. The Morgan fingerprint density at radius 1 is 1.52 bits per heavy atom. The second-order valence-corrected chi connectivity index (χ2v) is 6.10. The molecule has 21 heavy (non-hydrogen) atoms. The topological polar surface area (TPSA) is 62.1 Å². The van der Waals surface area contributed by atoms with E-state index in [0.717, 1.165) is 25.0 Å². The van der Waals surface area contributed by atoms with Crippen LogP contribution in [0.3, 0.4) is 0 Å². The van der Waals surface area contributed by atoms with E-state index in [9.17, 15) is 4.79 Å². The van der Waals surface area contributed by atoms with Gasteiger partial charge in [-0.3, -0.25) is 4.79 Å². The fourth-order valence-electron chi connectivity index (χ4n) is 2.72. The van der Waals surface area contributed by atoms with E-state index in [0.29, 0.717) is 12.5 Å². The fraction of sp³-hybridized carbons (Fsp3) is 0.529. The summed E-state index contributed by atoms with van der Waals surface area (Å²) in [6.07, 6.45) is 3.23. The number of nitriles is 1. The molecule has 4 nitrogen and oxygen atoms in total. The van der Waals surface area contributed by atoms with E-state index in [2.05, 4.69) is 17.4 Å². The van der Waals surface area contributed by atoms with Gasteiger partial charge in [0.05, 0.1) is 13.2 Å². The predicted octanol–water partition coefficient (Wildman–Crippen LogP) is 2.78. The normalized spacial score (nSPS) is 17.5. The molecule has 4 heteroatoms. The zero-order chi connectivity index (χ0) is 15.5. The second-order valence-electron chi connectivity index (χ2n) is 6.10. The largest absolute Gasteiger partial charge is 0.497 e. The molecule has 0 radical (unpaired) electrons. The third kappa shape index (κ3) is 3.36. The lowest BCUT2D eigenvalue weighted by Gasteiger charge is -2.27. The van der Waals surface area contributed by atoms with Crippen LogP contribution in [0.1, 0.15) is 43.7 Å². The van der Waals surface area contributed by atoms with Gasteiger partial charge in [0, 0.05) is 12.5 Å². The molecule has 0 unspecified atom stereocenters. The Kier molecular flexibility index (Phi) is 4.52. The highest BCUT2D eigenvalue weighted by atomic mass is 16.5. The average molecular weight is 286 g/mol. The number of amides is 1. The van der Waals surface area contributed by atoms with Gasteiger partial charge in [0.15, 0.2) is 0 Å². The quantitative estimate of drug-likeness (QED) is 0.925. The van der Waals surface area contributed by atoms with Crippen molar-refractivity contribution in [2.45, 2.75) is 39.0 Å². The summed E-state index contributed by atoms with van der Waals surface area (Å²) in [6.45, 7) is 3.87. The summed E-state index contributed by atoms with van der Waals surface area (Å²) in [5, 5.41) is 11.9. The van der Waals surface area contributed by atoms with Crippen LogP contribution in [0.5, 0.6) is 5.75 Å². The van der Waals surface area contributed by atoms with Crippen molar-refractivity contribution in [1.29, 1.82) is 5.26 Å². The summed E-state index contributed by atoms with van der Waals surface area (Å²) >= 11 is 0. The van der Waals surface area contributed by atoms with Crippen molar-refractivity contribution in [3.05, 3.63) is 29.3 Å². The summed E-state index contributed by atoms with van der Waals surface area (Å²) in [5.41, 5.74) is 1.62. The van der Waals surface area contributed by atoms with E-state index in [1.54, 1.807) is 21.0 Å². The summed E-state index contributed by atoms with van der Waals surface area (Å²) in [7, 11) is 1.67. The van der Waals surface area contributed by atoms with Crippen LogP contribution in [0.2, 0.25) is 0 Å². The van der Waals surface area contributed by atoms with Crippen LogP contribution in [0, 0.1) is 16.7 Å². The van der Waals surface area contributed by atoms with Crippen molar-refractivity contribution in [3.63, 3.8) is 0 Å². The molecule has 0 saturated carbocycles. The first kappa shape index (κ1) is 15.4. The summed E-state index contributed by atoms with van der Waals surface area (Å²) in [5.74, 6) is 0.993. The van der Waals surface area contributed by atoms with Gasteiger partial charge in [-0.2, -0.15) is 5.26 Å². The Bertz CT molecular complexity index is 573. The predicted molar refractivity (Wildman–Crippen MR) is 81.1 cm³/mol. The van der Waals surface area contributed by atoms with Gasteiger partial charge < -0.3 is 10.1 Å². The molecule has 0 saturated heterocycles. The molecule has 1 amide bonds. The average Bonchev–Trinajstić information content (AvgIpc) is 2.51. The minimum Gasteiger partial charge on any atom is -0.497 e. The maximum atomic E-state index is 12.0. The number of hydrogen-bond donors (Lipinski definition) is 1. The molecule has 1 aliphatic rings. The van der Waals surface area contributed by atoms with E-state index < -0.39 is 5.41 Å². The molecule has 0 bridgehead atoms. The highest BCUT2D eigenvalue weighted by Crippen LogP contribution is 2.33. The van der Waals surface area contributed by atoms with Gasteiger partial charge in [-0.05, 0) is 56.4 Å². The Balaban J connectivity index is 2.07. The number of fused-ring (bicyclic) bond motifs is 1. The number of nitrogens with zero attached hydrogens (tertiary/aromatic N) is 1. The Morgan fingerprint density at radius 3 is 2.95 bits per heavy atom. The smallest absolute Gasteiger partial charge is 0.239 e. The molecule has 1 aromatic rings. The first-order valence-corrected chi connectivity index (χ1v) is 7.34. The number of carbonyl (C=O) groups is 1. The van der Waals surface area contributed by atoms with Gasteiger partial charge in [0.1, 0.15) is 11.2 Å². The summed E-state index contributed by atoms with van der Waals surface area (Å²) in [4.78, 5) is 12.0. The molecule has 2 rings (SSSR count).